The fraction of sp³-hybridized carbons (Fsp3) is 0.667. The number of piperidine rings is 1. The van der Waals surface area contributed by atoms with Gasteiger partial charge in [-0.05, 0) is 32.9 Å². The summed E-state index contributed by atoms with van der Waals surface area (Å²) in [5.74, 6) is 0.656. The second kappa shape index (κ2) is 5.82. The molecule has 2 heterocycles. The fourth-order valence-corrected chi connectivity index (χ4v) is 2.21. The number of anilines is 2. The Kier molecular flexibility index (Phi) is 4.14. The van der Waals surface area contributed by atoms with E-state index in [0.29, 0.717) is 17.7 Å². The van der Waals surface area contributed by atoms with Gasteiger partial charge in [0.05, 0.1) is 18.1 Å². The minimum Gasteiger partial charge on any atom is -0.396 e. The molecule has 1 unspecified atom stereocenters. The van der Waals surface area contributed by atoms with Crippen molar-refractivity contribution in [2.75, 3.05) is 30.7 Å². The van der Waals surface area contributed by atoms with Gasteiger partial charge in [-0.15, -0.1) is 0 Å². The van der Waals surface area contributed by atoms with Gasteiger partial charge in [0.1, 0.15) is 0 Å². The topological polar surface area (TPSA) is 67.1 Å². The molecule has 1 saturated heterocycles. The van der Waals surface area contributed by atoms with Gasteiger partial charge < -0.3 is 16.0 Å². The third kappa shape index (κ3) is 3.85. The van der Waals surface area contributed by atoms with Crippen molar-refractivity contribution in [2.24, 2.45) is 0 Å². The molecule has 1 aliphatic rings. The fourth-order valence-electron chi connectivity index (χ4n) is 2.21. The first-order valence-electron chi connectivity index (χ1n) is 6.30. The zero-order valence-corrected chi connectivity index (χ0v) is 10.4. The number of aromatic nitrogens is 2. The van der Waals surface area contributed by atoms with E-state index in [4.69, 9.17) is 5.73 Å². The first-order valence-corrected chi connectivity index (χ1v) is 6.30. The third-order valence-electron chi connectivity index (χ3n) is 3.03. The molecule has 3 N–H and O–H groups in total. The normalized spacial score (nSPS) is 18.9. The number of nitrogen functional groups attached to an aromatic ring is 1. The van der Waals surface area contributed by atoms with E-state index in [1.165, 1.54) is 32.4 Å². The maximum Gasteiger partial charge on any atom is 0.222 e. The Morgan fingerprint density at radius 1 is 1.29 bits per heavy atom. The second-order valence-electron chi connectivity index (χ2n) is 4.75. The summed E-state index contributed by atoms with van der Waals surface area (Å²) < 4.78 is 0. The van der Waals surface area contributed by atoms with Gasteiger partial charge in [-0.2, -0.15) is 0 Å². The highest BCUT2D eigenvalue weighted by Gasteiger charge is 2.13. The van der Waals surface area contributed by atoms with Crippen molar-refractivity contribution in [3.05, 3.63) is 12.4 Å². The lowest BCUT2D eigenvalue weighted by Gasteiger charge is -2.29. The van der Waals surface area contributed by atoms with Crippen molar-refractivity contribution in [1.29, 1.82) is 0 Å². The van der Waals surface area contributed by atoms with Crippen LogP contribution in [0.3, 0.4) is 0 Å². The van der Waals surface area contributed by atoms with Gasteiger partial charge in [0.2, 0.25) is 5.95 Å². The molecular weight excluding hydrogens is 214 g/mol. The van der Waals surface area contributed by atoms with Crippen LogP contribution in [0, 0.1) is 0 Å². The number of likely N-dealkylation sites (tertiary alicyclic amines) is 1. The van der Waals surface area contributed by atoms with Crippen LogP contribution in [-0.4, -0.2) is 40.5 Å². The number of nitrogens with two attached hydrogens (primary N) is 1. The van der Waals surface area contributed by atoms with Gasteiger partial charge in [-0.3, -0.25) is 0 Å². The Labute approximate surface area is 102 Å². The molecule has 0 radical (unpaired) electrons. The van der Waals surface area contributed by atoms with E-state index in [2.05, 4.69) is 27.1 Å². The van der Waals surface area contributed by atoms with Crippen molar-refractivity contribution in [3.8, 4) is 0 Å². The number of nitrogens with one attached hydrogen (secondary N) is 1. The Morgan fingerprint density at radius 2 is 1.94 bits per heavy atom. The van der Waals surface area contributed by atoms with E-state index in [9.17, 15) is 0 Å². The molecule has 5 nitrogen and oxygen atoms in total. The van der Waals surface area contributed by atoms with Crippen LogP contribution < -0.4 is 11.1 Å². The van der Waals surface area contributed by atoms with Crippen LogP contribution in [-0.2, 0) is 0 Å². The predicted molar refractivity (Wildman–Crippen MR) is 69.8 cm³/mol. The molecule has 0 aliphatic carbocycles. The standard InChI is InChI=1S/C12H21N5/c1-10(9-17-5-3-2-4-6-17)16-12-14-7-11(13)8-15-12/h7-8,10H,2-6,9,13H2,1H3,(H,14,15,16). The third-order valence-corrected chi connectivity index (χ3v) is 3.03. The van der Waals surface area contributed by atoms with Crippen molar-refractivity contribution in [2.45, 2.75) is 32.2 Å². The van der Waals surface area contributed by atoms with Crippen LogP contribution in [0.25, 0.3) is 0 Å². The summed E-state index contributed by atoms with van der Waals surface area (Å²) in [6, 6.07) is 0.358. The van der Waals surface area contributed by atoms with Crippen molar-refractivity contribution >= 4 is 11.6 Å². The number of hydrogen-bond acceptors (Lipinski definition) is 5. The van der Waals surface area contributed by atoms with Gasteiger partial charge in [0.25, 0.3) is 0 Å². The van der Waals surface area contributed by atoms with Gasteiger partial charge in [0, 0.05) is 12.6 Å². The molecule has 5 heteroatoms. The molecule has 94 valence electrons. The number of rotatable bonds is 4. The van der Waals surface area contributed by atoms with Crippen molar-refractivity contribution < 1.29 is 0 Å². The summed E-state index contributed by atoms with van der Waals surface area (Å²) in [6.07, 6.45) is 7.28. The first-order chi connectivity index (χ1) is 8.24. The SMILES string of the molecule is CC(CN1CCCCC1)Nc1ncc(N)cn1. The Morgan fingerprint density at radius 3 is 2.59 bits per heavy atom. The van der Waals surface area contributed by atoms with E-state index in [1.54, 1.807) is 12.4 Å². The molecule has 2 rings (SSSR count). The monoisotopic (exact) mass is 235 g/mol. The van der Waals surface area contributed by atoms with E-state index in [-0.39, 0.29) is 0 Å². The van der Waals surface area contributed by atoms with E-state index >= 15 is 0 Å². The van der Waals surface area contributed by atoms with Crippen LogP contribution in [0.5, 0.6) is 0 Å². The quantitative estimate of drug-likeness (QED) is 0.824. The lowest BCUT2D eigenvalue weighted by molar-refractivity contribution is 0.223. The summed E-state index contributed by atoms with van der Waals surface area (Å²) in [6.45, 7) is 5.64. The average Bonchev–Trinajstić information content (AvgIpc) is 2.33. The molecule has 1 aromatic rings. The molecule has 0 saturated carbocycles. The summed E-state index contributed by atoms with van der Waals surface area (Å²) in [5, 5.41) is 3.30. The van der Waals surface area contributed by atoms with Crippen LogP contribution in [0.15, 0.2) is 12.4 Å². The smallest absolute Gasteiger partial charge is 0.222 e. The predicted octanol–water partition coefficient (Wildman–Crippen LogP) is 1.35. The summed E-state index contributed by atoms with van der Waals surface area (Å²) in [5.41, 5.74) is 6.14. The molecule has 1 aliphatic heterocycles. The van der Waals surface area contributed by atoms with Crippen molar-refractivity contribution in [1.82, 2.24) is 14.9 Å². The van der Waals surface area contributed by atoms with Crippen LogP contribution in [0.2, 0.25) is 0 Å². The van der Waals surface area contributed by atoms with Gasteiger partial charge in [-0.1, -0.05) is 6.42 Å². The highest BCUT2D eigenvalue weighted by molar-refractivity contribution is 5.36. The zero-order valence-electron chi connectivity index (χ0n) is 10.4. The van der Waals surface area contributed by atoms with Crippen LogP contribution >= 0.6 is 0 Å². The summed E-state index contributed by atoms with van der Waals surface area (Å²) >= 11 is 0. The molecule has 0 amide bonds. The largest absolute Gasteiger partial charge is 0.396 e. The van der Waals surface area contributed by atoms with Gasteiger partial charge >= 0.3 is 0 Å². The van der Waals surface area contributed by atoms with Crippen LogP contribution in [0.4, 0.5) is 11.6 Å². The number of hydrogen-bond donors (Lipinski definition) is 2. The Hall–Kier alpha value is -1.36. The molecule has 0 aromatic carbocycles. The van der Waals surface area contributed by atoms with Crippen molar-refractivity contribution in [3.63, 3.8) is 0 Å². The number of nitrogens with zero attached hydrogens (tertiary/aromatic N) is 3. The van der Waals surface area contributed by atoms with Crippen LogP contribution in [0.1, 0.15) is 26.2 Å². The molecule has 1 fully saturated rings. The minimum atomic E-state index is 0.358. The molecule has 1 atom stereocenters. The highest BCUT2D eigenvalue weighted by atomic mass is 15.2. The lowest BCUT2D eigenvalue weighted by Crippen LogP contribution is -2.38. The average molecular weight is 235 g/mol. The zero-order chi connectivity index (χ0) is 12.1. The van der Waals surface area contributed by atoms with Gasteiger partial charge in [-0.25, -0.2) is 9.97 Å². The molecule has 0 spiro atoms. The highest BCUT2D eigenvalue weighted by Crippen LogP contribution is 2.10. The maximum absolute atomic E-state index is 5.55. The first kappa shape index (κ1) is 12.1. The molecule has 17 heavy (non-hydrogen) atoms. The van der Waals surface area contributed by atoms with E-state index < -0.39 is 0 Å². The molecule has 1 aromatic heterocycles. The Bertz CT molecular complexity index is 331. The lowest BCUT2D eigenvalue weighted by atomic mass is 10.1. The van der Waals surface area contributed by atoms with Gasteiger partial charge in [0.15, 0.2) is 0 Å². The van der Waals surface area contributed by atoms with E-state index in [0.717, 1.165) is 6.54 Å². The second-order valence-corrected chi connectivity index (χ2v) is 4.75. The summed E-state index contributed by atoms with van der Waals surface area (Å²) in [7, 11) is 0. The van der Waals surface area contributed by atoms with E-state index in [1.807, 2.05) is 0 Å². The molecular formula is C12H21N5. The minimum absolute atomic E-state index is 0.358. The summed E-state index contributed by atoms with van der Waals surface area (Å²) in [4.78, 5) is 10.8. The maximum atomic E-state index is 5.55. The Balaban J connectivity index is 1.79. The molecule has 0 bridgehead atoms.